The Labute approximate surface area is 169 Å². The summed E-state index contributed by atoms with van der Waals surface area (Å²) < 4.78 is 32.0. The van der Waals surface area contributed by atoms with Gasteiger partial charge in [0.25, 0.3) is 11.8 Å². The normalized spacial score (nSPS) is 20.2. The number of carbonyl (C=O) groups is 3. The van der Waals surface area contributed by atoms with Crippen molar-refractivity contribution in [2.45, 2.75) is 44.9 Å². The van der Waals surface area contributed by atoms with Crippen molar-refractivity contribution in [3.05, 3.63) is 11.1 Å². The molecule has 13 nitrogen and oxygen atoms in total. The van der Waals surface area contributed by atoms with Crippen LogP contribution in [0.3, 0.4) is 0 Å². The number of rotatable bonds is 8. The van der Waals surface area contributed by atoms with Crippen molar-refractivity contribution >= 4 is 50.3 Å². The smallest absolute Gasteiger partial charge is 0.362 e. The van der Waals surface area contributed by atoms with Gasteiger partial charge in [-0.05, 0) is 20.3 Å². The van der Waals surface area contributed by atoms with Gasteiger partial charge in [0.2, 0.25) is 5.60 Å². The van der Waals surface area contributed by atoms with Crippen LogP contribution >= 0.6 is 11.3 Å². The Morgan fingerprint density at radius 1 is 1.48 bits per heavy atom. The molecule has 1 aliphatic rings. The number of nitrogen functional groups attached to an aromatic ring is 1. The number of anilines is 1. The van der Waals surface area contributed by atoms with Crippen LogP contribution in [0.2, 0.25) is 0 Å². The molecule has 0 unspecified atom stereocenters. The van der Waals surface area contributed by atoms with E-state index in [1.807, 2.05) is 0 Å². The molecule has 1 aromatic rings. The number of thiazole rings is 1. The standard InChI is InChI=1S/C14H19N5O8S2/c1-4-7-9(11(21)19(7)29(24,25)26)17-10(20)8(6-5-28-13(15)16-6)18-27-14(2,3)12(22)23/h5,7,9H,4H2,1-3H3,(H2,15,16)(H,17,20)(H,22,23)(H,24,25,26)/b18-8-/t7-,9-/m0/s1. The Morgan fingerprint density at radius 2 is 2.10 bits per heavy atom. The summed E-state index contributed by atoms with van der Waals surface area (Å²) in [5.74, 6) is -3.34. The van der Waals surface area contributed by atoms with Gasteiger partial charge in [-0.1, -0.05) is 12.1 Å². The molecule has 2 rings (SSSR count). The average molecular weight is 449 g/mol. The fraction of sp³-hybridized carbons (Fsp3) is 0.500. The first-order valence-corrected chi connectivity index (χ1v) is 10.4. The fourth-order valence-corrected chi connectivity index (χ4v) is 3.87. The van der Waals surface area contributed by atoms with Crippen molar-refractivity contribution in [2.75, 3.05) is 5.73 Å². The van der Waals surface area contributed by atoms with Crippen molar-refractivity contribution in [1.29, 1.82) is 0 Å². The quantitative estimate of drug-likeness (QED) is 0.169. The largest absolute Gasteiger partial charge is 0.478 e. The van der Waals surface area contributed by atoms with E-state index in [0.717, 1.165) is 11.3 Å². The lowest BCUT2D eigenvalue weighted by Crippen LogP contribution is -2.72. The first kappa shape index (κ1) is 22.5. The van der Waals surface area contributed by atoms with Gasteiger partial charge in [-0.25, -0.2) is 14.1 Å². The van der Waals surface area contributed by atoms with Crippen LogP contribution < -0.4 is 11.1 Å². The molecule has 0 bridgehead atoms. The highest BCUT2D eigenvalue weighted by molar-refractivity contribution is 7.84. The summed E-state index contributed by atoms with van der Waals surface area (Å²) in [6.07, 6.45) is 0.120. The highest BCUT2D eigenvalue weighted by atomic mass is 32.2. The Hall–Kier alpha value is -2.78. The van der Waals surface area contributed by atoms with Crippen LogP contribution in [0.1, 0.15) is 32.9 Å². The minimum atomic E-state index is -4.77. The second-order valence-corrected chi connectivity index (χ2v) is 8.63. The summed E-state index contributed by atoms with van der Waals surface area (Å²) in [6, 6.07) is -2.25. The first-order valence-electron chi connectivity index (χ1n) is 8.12. The second kappa shape index (κ2) is 7.92. The number of oxime groups is 1. The maximum absolute atomic E-state index is 12.7. The number of carbonyl (C=O) groups excluding carboxylic acids is 2. The third-order valence-electron chi connectivity index (χ3n) is 3.98. The molecule has 0 spiro atoms. The third kappa shape index (κ3) is 4.63. The van der Waals surface area contributed by atoms with E-state index >= 15 is 0 Å². The van der Waals surface area contributed by atoms with Crippen molar-refractivity contribution in [2.24, 2.45) is 5.16 Å². The molecule has 1 fully saturated rings. The lowest BCUT2D eigenvalue weighted by molar-refractivity contribution is -0.161. The van der Waals surface area contributed by atoms with Gasteiger partial charge in [-0.3, -0.25) is 14.1 Å². The summed E-state index contributed by atoms with van der Waals surface area (Å²) in [6.45, 7) is 3.97. The number of amides is 2. The monoisotopic (exact) mass is 449 g/mol. The molecular formula is C14H19N5O8S2. The summed E-state index contributed by atoms with van der Waals surface area (Å²) in [5, 5.41) is 16.5. The van der Waals surface area contributed by atoms with Crippen molar-refractivity contribution < 1.29 is 37.3 Å². The number of carboxylic acid groups (broad SMARTS) is 1. The third-order valence-corrected chi connectivity index (χ3v) is 5.60. The number of aliphatic carboxylic acids is 1. The maximum Gasteiger partial charge on any atom is 0.362 e. The van der Waals surface area contributed by atoms with Gasteiger partial charge in [-0.15, -0.1) is 11.3 Å². The van der Waals surface area contributed by atoms with Crippen LogP contribution in [0.4, 0.5) is 5.13 Å². The van der Waals surface area contributed by atoms with Crippen molar-refractivity contribution in [1.82, 2.24) is 14.6 Å². The molecule has 0 aliphatic carbocycles. The minimum Gasteiger partial charge on any atom is -0.478 e. The van der Waals surface area contributed by atoms with Crippen molar-refractivity contribution in [3.63, 3.8) is 0 Å². The highest BCUT2D eigenvalue weighted by Crippen LogP contribution is 2.26. The van der Waals surface area contributed by atoms with E-state index in [-0.39, 0.29) is 21.6 Å². The Bertz CT molecular complexity index is 970. The zero-order chi connectivity index (χ0) is 22.1. The SMILES string of the molecule is CC[C@H]1[C@H](NC(=O)/C(=N\OC(C)(C)C(=O)O)c2csc(N)n2)C(=O)N1S(=O)(=O)O. The lowest BCUT2D eigenvalue weighted by Gasteiger charge is -2.43. The number of carboxylic acids is 1. The number of hydrogen-bond acceptors (Lipinski definition) is 10. The van der Waals surface area contributed by atoms with E-state index in [9.17, 15) is 22.8 Å². The molecule has 1 saturated heterocycles. The molecule has 0 saturated carbocycles. The Kier molecular flexibility index (Phi) is 6.15. The van der Waals surface area contributed by atoms with Gasteiger partial charge in [-0.2, -0.15) is 8.42 Å². The summed E-state index contributed by atoms with van der Waals surface area (Å²) in [7, 11) is -4.77. The van der Waals surface area contributed by atoms with Crippen molar-refractivity contribution in [3.8, 4) is 0 Å². The molecule has 5 N–H and O–H groups in total. The van der Waals surface area contributed by atoms with E-state index in [4.69, 9.17) is 20.2 Å². The summed E-state index contributed by atoms with van der Waals surface area (Å²) in [5.41, 5.74) is 3.29. The Morgan fingerprint density at radius 3 is 2.55 bits per heavy atom. The number of nitrogens with one attached hydrogen (secondary N) is 1. The number of aromatic nitrogens is 1. The maximum atomic E-state index is 12.7. The fourth-order valence-electron chi connectivity index (χ4n) is 2.37. The van der Waals surface area contributed by atoms with E-state index in [0.29, 0.717) is 0 Å². The average Bonchev–Trinajstić information content (AvgIpc) is 3.01. The molecule has 1 aliphatic heterocycles. The molecule has 2 heterocycles. The van der Waals surface area contributed by atoms with Crippen LogP contribution in [0.25, 0.3) is 0 Å². The molecule has 15 heteroatoms. The molecular weight excluding hydrogens is 430 g/mol. The van der Waals surface area contributed by atoms with E-state index < -0.39 is 51.5 Å². The second-order valence-electron chi connectivity index (χ2n) is 6.46. The van der Waals surface area contributed by atoms with Crippen LogP contribution in [-0.4, -0.2) is 68.5 Å². The van der Waals surface area contributed by atoms with Gasteiger partial charge < -0.3 is 21.0 Å². The predicted octanol–water partition coefficient (Wildman–Crippen LogP) is -0.782. The van der Waals surface area contributed by atoms with Crippen LogP contribution in [0, 0.1) is 0 Å². The number of hydrogen-bond donors (Lipinski definition) is 4. The predicted molar refractivity (Wildman–Crippen MR) is 100 cm³/mol. The molecule has 2 atom stereocenters. The van der Waals surface area contributed by atoms with Gasteiger partial charge in [0.15, 0.2) is 10.8 Å². The van der Waals surface area contributed by atoms with Gasteiger partial charge >= 0.3 is 16.3 Å². The molecule has 29 heavy (non-hydrogen) atoms. The van der Waals surface area contributed by atoms with E-state index in [2.05, 4.69) is 15.5 Å². The zero-order valence-electron chi connectivity index (χ0n) is 15.5. The highest BCUT2D eigenvalue weighted by Gasteiger charge is 2.53. The summed E-state index contributed by atoms with van der Waals surface area (Å²) >= 11 is 0.984. The van der Waals surface area contributed by atoms with Crippen LogP contribution in [-0.2, 0) is 29.5 Å². The van der Waals surface area contributed by atoms with Gasteiger partial charge in [0, 0.05) is 5.38 Å². The lowest BCUT2D eigenvalue weighted by atomic mass is 9.96. The Balaban J connectivity index is 2.29. The molecule has 160 valence electrons. The minimum absolute atomic E-state index is 0.0300. The molecule has 0 aromatic carbocycles. The number of nitrogens with zero attached hydrogens (tertiary/aromatic N) is 3. The van der Waals surface area contributed by atoms with Crippen LogP contribution in [0.5, 0.6) is 0 Å². The molecule has 0 radical (unpaired) electrons. The zero-order valence-corrected chi connectivity index (χ0v) is 17.2. The summed E-state index contributed by atoms with van der Waals surface area (Å²) in [4.78, 5) is 44.8. The van der Waals surface area contributed by atoms with Crippen LogP contribution in [0.15, 0.2) is 10.5 Å². The van der Waals surface area contributed by atoms with Gasteiger partial charge in [0.1, 0.15) is 11.7 Å². The first-order chi connectivity index (χ1) is 13.3. The molecule has 1 aromatic heterocycles. The molecule has 2 amide bonds. The number of nitrogens with two attached hydrogens (primary N) is 1. The van der Waals surface area contributed by atoms with Gasteiger partial charge in [0.05, 0.1) is 6.04 Å². The topological polar surface area (TPSA) is 202 Å². The van der Waals surface area contributed by atoms with E-state index in [1.54, 1.807) is 6.92 Å². The number of β-lactam (4-membered cyclic amide) rings is 1. The van der Waals surface area contributed by atoms with E-state index in [1.165, 1.54) is 19.2 Å².